The van der Waals surface area contributed by atoms with Gasteiger partial charge in [0.1, 0.15) is 5.60 Å². The molecule has 0 aromatic carbocycles. The van der Waals surface area contributed by atoms with Crippen molar-refractivity contribution in [3.63, 3.8) is 0 Å². The van der Waals surface area contributed by atoms with Gasteiger partial charge in [-0.15, -0.1) is 0 Å². The second kappa shape index (κ2) is 9.52. The SMILES string of the molecule is CC(C)(C)OC(=O)NCCNC(=O)[C@@H]1CCCN(Cc2cccnc2)C1. The Kier molecular flexibility index (Phi) is 7.38. The number of alkyl carbamates (subject to hydrolysis) is 1. The van der Waals surface area contributed by atoms with Gasteiger partial charge in [-0.1, -0.05) is 6.07 Å². The molecular weight excluding hydrogens is 332 g/mol. The molecule has 1 atom stereocenters. The van der Waals surface area contributed by atoms with Crippen LogP contribution in [0.2, 0.25) is 0 Å². The van der Waals surface area contributed by atoms with E-state index in [1.165, 1.54) is 0 Å². The van der Waals surface area contributed by atoms with Gasteiger partial charge in [-0.3, -0.25) is 14.7 Å². The summed E-state index contributed by atoms with van der Waals surface area (Å²) in [5, 5.41) is 5.55. The van der Waals surface area contributed by atoms with E-state index in [0.717, 1.165) is 38.0 Å². The molecule has 1 aliphatic rings. The maximum Gasteiger partial charge on any atom is 0.407 e. The van der Waals surface area contributed by atoms with E-state index in [2.05, 4.69) is 26.6 Å². The van der Waals surface area contributed by atoms with Crippen LogP contribution in [0.4, 0.5) is 4.79 Å². The van der Waals surface area contributed by atoms with Gasteiger partial charge < -0.3 is 15.4 Å². The quantitative estimate of drug-likeness (QED) is 0.756. The van der Waals surface area contributed by atoms with E-state index < -0.39 is 11.7 Å². The monoisotopic (exact) mass is 362 g/mol. The summed E-state index contributed by atoms with van der Waals surface area (Å²) in [5.41, 5.74) is 0.641. The molecule has 7 heteroatoms. The highest BCUT2D eigenvalue weighted by Crippen LogP contribution is 2.18. The van der Waals surface area contributed by atoms with Crippen LogP contribution in [0.25, 0.3) is 0 Å². The molecule has 1 fully saturated rings. The van der Waals surface area contributed by atoms with Gasteiger partial charge in [0.05, 0.1) is 5.92 Å². The van der Waals surface area contributed by atoms with Crippen LogP contribution in [0.5, 0.6) is 0 Å². The van der Waals surface area contributed by atoms with E-state index in [1.54, 1.807) is 6.20 Å². The second-order valence-electron chi connectivity index (χ2n) is 7.66. The number of piperidine rings is 1. The van der Waals surface area contributed by atoms with E-state index in [4.69, 9.17) is 4.74 Å². The van der Waals surface area contributed by atoms with E-state index >= 15 is 0 Å². The molecule has 1 aromatic rings. The topological polar surface area (TPSA) is 83.6 Å². The molecule has 1 saturated heterocycles. The van der Waals surface area contributed by atoms with Crippen molar-refractivity contribution in [3.8, 4) is 0 Å². The van der Waals surface area contributed by atoms with Crippen LogP contribution < -0.4 is 10.6 Å². The van der Waals surface area contributed by atoms with Crippen LogP contribution in [0.3, 0.4) is 0 Å². The van der Waals surface area contributed by atoms with Crippen molar-refractivity contribution in [2.75, 3.05) is 26.2 Å². The lowest BCUT2D eigenvalue weighted by Gasteiger charge is -2.32. The minimum Gasteiger partial charge on any atom is -0.444 e. The van der Waals surface area contributed by atoms with Gasteiger partial charge in [0.25, 0.3) is 0 Å². The molecule has 1 aromatic heterocycles. The molecule has 2 rings (SSSR count). The maximum atomic E-state index is 12.4. The van der Waals surface area contributed by atoms with Gasteiger partial charge in [-0.25, -0.2) is 4.79 Å². The van der Waals surface area contributed by atoms with Crippen LogP contribution >= 0.6 is 0 Å². The third-order valence-corrected chi connectivity index (χ3v) is 4.10. The number of carbonyl (C=O) groups excluding carboxylic acids is 2. The average Bonchev–Trinajstić information content (AvgIpc) is 2.58. The van der Waals surface area contributed by atoms with Gasteiger partial charge in [0.2, 0.25) is 5.91 Å². The van der Waals surface area contributed by atoms with Gasteiger partial charge in [-0.2, -0.15) is 0 Å². The Morgan fingerprint density at radius 3 is 2.77 bits per heavy atom. The summed E-state index contributed by atoms with van der Waals surface area (Å²) in [5.74, 6) is 0.0359. The van der Waals surface area contributed by atoms with Gasteiger partial charge in [-0.05, 0) is 51.8 Å². The molecule has 0 bridgehead atoms. The number of ether oxygens (including phenoxy) is 1. The van der Waals surface area contributed by atoms with Crippen molar-refractivity contribution >= 4 is 12.0 Å². The summed E-state index contributed by atoms with van der Waals surface area (Å²) in [7, 11) is 0. The van der Waals surface area contributed by atoms with E-state index in [1.807, 2.05) is 33.0 Å². The predicted molar refractivity (Wildman–Crippen MR) is 99.5 cm³/mol. The highest BCUT2D eigenvalue weighted by molar-refractivity contribution is 5.79. The lowest BCUT2D eigenvalue weighted by atomic mass is 9.97. The molecule has 0 radical (unpaired) electrons. The number of hydrogen-bond donors (Lipinski definition) is 2. The number of rotatable bonds is 6. The predicted octanol–water partition coefficient (Wildman–Crippen LogP) is 1.93. The Labute approximate surface area is 155 Å². The zero-order chi connectivity index (χ0) is 19.0. The Morgan fingerprint density at radius 1 is 1.31 bits per heavy atom. The number of nitrogens with zero attached hydrogens (tertiary/aromatic N) is 2. The molecule has 0 aliphatic carbocycles. The van der Waals surface area contributed by atoms with Gasteiger partial charge >= 0.3 is 6.09 Å². The number of pyridine rings is 1. The molecule has 2 N–H and O–H groups in total. The third-order valence-electron chi connectivity index (χ3n) is 4.10. The largest absolute Gasteiger partial charge is 0.444 e. The number of hydrogen-bond acceptors (Lipinski definition) is 5. The maximum absolute atomic E-state index is 12.4. The van der Waals surface area contributed by atoms with Crippen LogP contribution in [0.1, 0.15) is 39.2 Å². The van der Waals surface area contributed by atoms with Crippen molar-refractivity contribution in [1.82, 2.24) is 20.5 Å². The minimum atomic E-state index is -0.521. The zero-order valence-corrected chi connectivity index (χ0v) is 16.0. The molecule has 0 saturated carbocycles. The van der Waals surface area contributed by atoms with Crippen molar-refractivity contribution in [2.24, 2.45) is 5.92 Å². The Morgan fingerprint density at radius 2 is 2.08 bits per heavy atom. The summed E-state index contributed by atoms with van der Waals surface area (Å²) in [6.07, 6.45) is 5.07. The second-order valence-corrected chi connectivity index (χ2v) is 7.66. The summed E-state index contributed by atoms with van der Waals surface area (Å²) >= 11 is 0. The molecule has 0 unspecified atom stereocenters. The van der Waals surface area contributed by atoms with E-state index in [0.29, 0.717) is 13.1 Å². The highest BCUT2D eigenvalue weighted by atomic mass is 16.6. The standard InChI is InChI=1S/C19H30N4O3/c1-19(2,3)26-18(25)22-10-9-21-17(24)16-7-5-11-23(14-16)13-15-6-4-8-20-12-15/h4,6,8,12,16H,5,7,9-11,13-14H2,1-3H3,(H,21,24)(H,22,25)/t16-/m1/s1. The van der Waals surface area contributed by atoms with Crippen LogP contribution in [0.15, 0.2) is 24.5 Å². The lowest BCUT2D eigenvalue weighted by molar-refractivity contribution is -0.126. The number of carbonyl (C=O) groups is 2. The smallest absolute Gasteiger partial charge is 0.407 e. The number of nitrogens with one attached hydrogen (secondary N) is 2. The molecule has 0 spiro atoms. The Hall–Kier alpha value is -2.15. The Bertz CT molecular complexity index is 586. The Balaban J connectivity index is 1.68. The molecule has 1 aliphatic heterocycles. The number of amides is 2. The summed E-state index contributed by atoms with van der Waals surface area (Å²) in [6, 6.07) is 3.99. The van der Waals surface area contributed by atoms with Crippen LogP contribution in [-0.2, 0) is 16.1 Å². The fraction of sp³-hybridized carbons (Fsp3) is 0.632. The van der Waals surface area contributed by atoms with Crippen LogP contribution in [0, 0.1) is 5.92 Å². The summed E-state index contributed by atoms with van der Waals surface area (Å²) in [4.78, 5) is 30.4. The van der Waals surface area contributed by atoms with Gasteiger partial charge in [0.15, 0.2) is 0 Å². The van der Waals surface area contributed by atoms with Crippen molar-refractivity contribution < 1.29 is 14.3 Å². The van der Waals surface area contributed by atoms with Crippen LogP contribution in [-0.4, -0.2) is 53.7 Å². The summed E-state index contributed by atoms with van der Waals surface area (Å²) < 4.78 is 5.16. The minimum absolute atomic E-state index is 0.0121. The normalized spacial score (nSPS) is 18.2. The average molecular weight is 362 g/mol. The third kappa shape index (κ3) is 7.39. The molecule has 2 heterocycles. The van der Waals surface area contributed by atoms with E-state index in [9.17, 15) is 9.59 Å². The van der Waals surface area contributed by atoms with Crippen molar-refractivity contribution in [1.29, 1.82) is 0 Å². The number of aromatic nitrogens is 1. The van der Waals surface area contributed by atoms with E-state index in [-0.39, 0.29) is 11.8 Å². The van der Waals surface area contributed by atoms with Crippen molar-refractivity contribution in [3.05, 3.63) is 30.1 Å². The first-order valence-corrected chi connectivity index (χ1v) is 9.19. The van der Waals surface area contributed by atoms with Crippen molar-refractivity contribution in [2.45, 2.75) is 45.8 Å². The molecule has 144 valence electrons. The number of likely N-dealkylation sites (tertiary alicyclic amines) is 1. The molecular formula is C19H30N4O3. The lowest BCUT2D eigenvalue weighted by Crippen LogP contribution is -2.44. The fourth-order valence-corrected chi connectivity index (χ4v) is 2.97. The first-order chi connectivity index (χ1) is 12.3. The van der Waals surface area contributed by atoms with Gasteiger partial charge in [0, 0.05) is 38.6 Å². The molecule has 2 amide bonds. The zero-order valence-electron chi connectivity index (χ0n) is 16.0. The summed E-state index contributed by atoms with van der Waals surface area (Å²) in [6.45, 7) is 8.76. The molecule has 26 heavy (non-hydrogen) atoms. The highest BCUT2D eigenvalue weighted by Gasteiger charge is 2.25. The molecule has 7 nitrogen and oxygen atoms in total. The first-order valence-electron chi connectivity index (χ1n) is 9.19. The first kappa shape index (κ1) is 20.2. The fourth-order valence-electron chi connectivity index (χ4n) is 2.97.